The van der Waals surface area contributed by atoms with Crippen LogP contribution in [-0.2, 0) is 19.6 Å². The standard InChI is InChI=1S/C19H21N3O4S2/c1-13(14-6-5-7-15(10-14)28(20,25)26)21(2)18(23)11-22-16-8-3-4-9-17(16)27-12-19(22)24/h3-10,13H,11-12H2,1-2H3,(H2,20,25,26). The lowest BCUT2D eigenvalue weighted by atomic mass is 10.1. The fourth-order valence-electron chi connectivity index (χ4n) is 2.97. The molecule has 2 N–H and O–H groups in total. The van der Waals surface area contributed by atoms with Gasteiger partial charge in [0.15, 0.2) is 0 Å². The van der Waals surface area contributed by atoms with Gasteiger partial charge >= 0.3 is 0 Å². The van der Waals surface area contributed by atoms with Gasteiger partial charge in [-0.15, -0.1) is 11.8 Å². The number of para-hydroxylation sites is 1. The van der Waals surface area contributed by atoms with Crippen LogP contribution in [0.15, 0.2) is 58.3 Å². The van der Waals surface area contributed by atoms with Gasteiger partial charge in [-0.1, -0.05) is 24.3 Å². The third kappa shape index (κ3) is 4.21. The number of nitrogens with zero attached hydrogens (tertiary/aromatic N) is 2. The Morgan fingerprint density at radius 2 is 1.96 bits per heavy atom. The molecule has 1 atom stereocenters. The van der Waals surface area contributed by atoms with Crippen molar-refractivity contribution in [1.29, 1.82) is 0 Å². The third-order valence-corrected chi connectivity index (χ3v) is 6.70. The molecule has 1 aliphatic rings. The molecule has 2 amide bonds. The summed E-state index contributed by atoms with van der Waals surface area (Å²) in [6.45, 7) is 1.72. The van der Waals surface area contributed by atoms with Crippen molar-refractivity contribution in [2.45, 2.75) is 22.8 Å². The number of sulfonamides is 1. The molecule has 0 spiro atoms. The largest absolute Gasteiger partial charge is 0.337 e. The van der Waals surface area contributed by atoms with E-state index in [9.17, 15) is 18.0 Å². The molecule has 7 nitrogen and oxygen atoms in total. The predicted octanol–water partition coefficient (Wildman–Crippen LogP) is 1.99. The lowest BCUT2D eigenvalue weighted by Crippen LogP contribution is -2.44. The minimum Gasteiger partial charge on any atom is -0.337 e. The Kier molecular flexibility index (Phi) is 5.78. The van der Waals surface area contributed by atoms with Crippen molar-refractivity contribution >= 4 is 39.3 Å². The van der Waals surface area contributed by atoms with Gasteiger partial charge in [0.2, 0.25) is 21.8 Å². The van der Waals surface area contributed by atoms with E-state index in [2.05, 4.69) is 0 Å². The van der Waals surface area contributed by atoms with E-state index in [4.69, 9.17) is 5.14 Å². The second kappa shape index (κ2) is 7.94. The van der Waals surface area contributed by atoms with Gasteiger partial charge < -0.3 is 9.80 Å². The number of nitrogens with two attached hydrogens (primary N) is 1. The quantitative estimate of drug-likeness (QED) is 0.799. The zero-order chi connectivity index (χ0) is 20.5. The number of primary sulfonamides is 1. The number of rotatable bonds is 5. The van der Waals surface area contributed by atoms with Crippen molar-refractivity contribution in [2.75, 3.05) is 24.2 Å². The second-order valence-electron chi connectivity index (χ2n) is 6.53. The molecule has 0 aromatic heterocycles. The summed E-state index contributed by atoms with van der Waals surface area (Å²) in [7, 11) is -2.20. The van der Waals surface area contributed by atoms with Gasteiger partial charge in [-0.2, -0.15) is 0 Å². The molecule has 28 heavy (non-hydrogen) atoms. The third-order valence-electron chi connectivity index (χ3n) is 4.74. The molecule has 148 valence electrons. The fraction of sp³-hybridized carbons (Fsp3) is 0.263. The highest BCUT2D eigenvalue weighted by Gasteiger charge is 2.28. The number of likely N-dealkylation sites (N-methyl/N-ethyl adjacent to an activating group) is 1. The molecule has 1 heterocycles. The number of hydrogen-bond donors (Lipinski definition) is 1. The van der Waals surface area contributed by atoms with Crippen molar-refractivity contribution in [3.63, 3.8) is 0 Å². The smallest absolute Gasteiger partial charge is 0.242 e. The van der Waals surface area contributed by atoms with Crippen molar-refractivity contribution in [1.82, 2.24) is 4.90 Å². The number of carbonyl (C=O) groups is 2. The van der Waals surface area contributed by atoms with Gasteiger partial charge in [0, 0.05) is 11.9 Å². The molecule has 2 aromatic carbocycles. The van der Waals surface area contributed by atoms with Gasteiger partial charge in [0.25, 0.3) is 0 Å². The number of anilines is 1. The Balaban J connectivity index is 1.79. The number of fused-ring (bicyclic) bond motifs is 1. The number of hydrogen-bond acceptors (Lipinski definition) is 5. The normalized spacial score (nSPS) is 15.1. The Labute approximate surface area is 168 Å². The first-order valence-electron chi connectivity index (χ1n) is 8.59. The lowest BCUT2D eigenvalue weighted by Gasteiger charge is -2.32. The van der Waals surface area contributed by atoms with Crippen LogP contribution < -0.4 is 10.0 Å². The highest BCUT2D eigenvalue weighted by Crippen LogP contribution is 2.35. The summed E-state index contributed by atoms with van der Waals surface area (Å²) in [5.74, 6) is -0.0714. The van der Waals surface area contributed by atoms with E-state index in [0.717, 1.165) is 10.6 Å². The summed E-state index contributed by atoms with van der Waals surface area (Å²) < 4.78 is 23.2. The first-order valence-corrected chi connectivity index (χ1v) is 11.1. The maximum atomic E-state index is 12.8. The second-order valence-corrected chi connectivity index (χ2v) is 9.11. The molecule has 0 radical (unpaired) electrons. The van der Waals surface area contributed by atoms with Gasteiger partial charge in [-0.25, -0.2) is 13.6 Å². The van der Waals surface area contributed by atoms with E-state index >= 15 is 0 Å². The predicted molar refractivity (Wildman–Crippen MR) is 109 cm³/mol. The van der Waals surface area contributed by atoms with Crippen molar-refractivity contribution < 1.29 is 18.0 Å². The summed E-state index contributed by atoms with van der Waals surface area (Å²) in [5, 5.41) is 5.19. The van der Waals surface area contributed by atoms with E-state index < -0.39 is 16.1 Å². The number of amides is 2. The molecule has 0 saturated carbocycles. The van der Waals surface area contributed by atoms with Gasteiger partial charge in [-0.05, 0) is 36.8 Å². The Hall–Kier alpha value is -2.36. The first kappa shape index (κ1) is 20.4. The monoisotopic (exact) mass is 419 g/mol. The summed E-state index contributed by atoms with van der Waals surface area (Å²) >= 11 is 1.46. The molecule has 0 aliphatic carbocycles. The van der Waals surface area contributed by atoms with Crippen molar-refractivity contribution in [3.05, 3.63) is 54.1 Å². The Bertz CT molecular complexity index is 1020. The van der Waals surface area contributed by atoms with Crippen LogP contribution in [0.25, 0.3) is 0 Å². The Morgan fingerprint density at radius 3 is 2.68 bits per heavy atom. The van der Waals surface area contributed by atoms with E-state index in [0.29, 0.717) is 11.3 Å². The van der Waals surface area contributed by atoms with Crippen LogP contribution in [0.5, 0.6) is 0 Å². The highest BCUT2D eigenvalue weighted by molar-refractivity contribution is 8.00. The number of carbonyl (C=O) groups excluding carboxylic acids is 2. The average Bonchev–Trinajstić information content (AvgIpc) is 2.68. The van der Waals surface area contributed by atoms with Crippen LogP contribution in [0.1, 0.15) is 18.5 Å². The molecule has 2 aromatic rings. The first-order chi connectivity index (χ1) is 13.2. The minimum absolute atomic E-state index is 0.00476. The highest BCUT2D eigenvalue weighted by atomic mass is 32.2. The zero-order valence-corrected chi connectivity index (χ0v) is 17.2. The minimum atomic E-state index is -3.83. The molecule has 1 aliphatic heterocycles. The molecule has 9 heteroatoms. The SMILES string of the molecule is CC(c1cccc(S(N)(=O)=O)c1)N(C)C(=O)CN1C(=O)CSc2ccccc21. The van der Waals surface area contributed by atoms with Gasteiger partial charge in [0.05, 0.1) is 22.4 Å². The van der Waals surface area contributed by atoms with Crippen LogP contribution in [-0.4, -0.2) is 44.5 Å². The fourth-order valence-corrected chi connectivity index (χ4v) is 4.47. The maximum Gasteiger partial charge on any atom is 0.242 e. The van der Waals surface area contributed by atoms with Crippen molar-refractivity contribution in [2.24, 2.45) is 5.14 Å². The van der Waals surface area contributed by atoms with Crippen LogP contribution in [0.3, 0.4) is 0 Å². The maximum absolute atomic E-state index is 12.8. The Morgan fingerprint density at radius 1 is 1.25 bits per heavy atom. The molecular formula is C19H21N3O4S2. The molecule has 0 saturated heterocycles. The van der Waals surface area contributed by atoms with Crippen LogP contribution in [0, 0.1) is 0 Å². The number of thioether (sulfide) groups is 1. The van der Waals surface area contributed by atoms with E-state index in [1.54, 1.807) is 26.1 Å². The van der Waals surface area contributed by atoms with Crippen molar-refractivity contribution in [3.8, 4) is 0 Å². The zero-order valence-electron chi connectivity index (χ0n) is 15.5. The van der Waals surface area contributed by atoms with Gasteiger partial charge in [0.1, 0.15) is 6.54 Å². The molecule has 3 rings (SSSR count). The van der Waals surface area contributed by atoms with Crippen LogP contribution >= 0.6 is 11.8 Å². The summed E-state index contributed by atoms with van der Waals surface area (Å²) in [6.07, 6.45) is 0. The number of benzene rings is 2. The van der Waals surface area contributed by atoms with Crippen LogP contribution in [0.2, 0.25) is 0 Å². The van der Waals surface area contributed by atoms with Crippen LogP contribution in [0.4, 0.5) is 5.69 Å². The van der Waals surface area contributed by atoms with E-state index in [-0.39, 0.29) is 23.3 Å². The van der Waals surface area contributed by atoms with E-state index in [1.807, 2.05) is 24.3 Å². The average molecular weight is 420 g/mol. The molecule has 1 unspecified atom stereocenters. The lowest BCUT2D eigenvalue weighted by molar-refractivity contribution is -0.131. The summed E-state index contributed by atoms with van der Waals surface area (Å²) in [4.78, 5) is 29.2. The van der Waals surface area contributed by atoms with Gasteiger partial charge in [-0.3, -0.25) is 9.59 Å². The summed E-state index contributed by atoms with van der Waals surface area (Å²) in [6, 6.07) is 13.3. The molecule has 0 fully saturated rings. The topological polar surface area (TPSA) is 101 Å². The molecular weight excluding hydrogens is 398 g/mol. The molecule has 0 bridgehead atoms. The van der Waals surface area contributed by atoms with E-state index in [1.165, 1.54) is 33.7 Å². The summed E-state index contributed by atoms with van der Waals surface area (Å²) in [5.41, 5.74) is 1.37.